The summed E-state index contributed by atoms with van der Waals surface area (Å²) in [5.41, 5.74) is 0. The molecular weight excluding hydrogens is 281 g/mol. The predicted molar refractivity (Wildman–Crippen MR) is 57.4 cm³/mol. The van der Waals surface area contributed by atoms with E-state index in [0.29, 0.717) is 24.6 Å². The maximum absolute atomic E-state index is 10.4. The van der Waals surface area contributed by atoms with E-state index in [4.69, 9.17) is 0 Å². The van der Waals surface area contributed by atoms with E-state index in [0.717, 1.165) is 0 Å². The Balaban J connectivity index is -0.000000180. The second kappa shape index (κ2) is 10.1. The van der Waals surface area contributed by atoms with Crippen LogP contribution in [0.25, 0.3) is 0 Å². The summed E-state index contributed by atoms with van der Waals surface area (Å²) in [6.07, 6.45) is 1.18. The molecule has 0 fully saturated rings. The van der Waals surface area contributed by atoms with E-state index in [1.54, 1.807) is 27.7 Å². The summed E-state index contributed by atoms with van der Waals surface area (Å²) in [6.45, 7) is 6.66. The van der Waals surface area contributed by atoms with E-state index in [9.17, 15) is 18.9 Å². The molecule has 0 aliphatic rings. The number of hydrogen-bond acceptors (Lipinski definition) is 4. The van der Waals surface area contributed by atoms with Crippen LogP contribution in [0.15, 0.2) is 0 Å². The summed E-state index contributed by atoms with van der Waals surface area (Å²) >= 11 is 0. The van der Waals surface area contributed by atoms with Crippen LogP contribution in [0.4, 0.5) is 0 Å². The first kappa shape index (κ1) is 21.2. The van der Waals surface area contributed by atoms with Gasteiger partial charge in [0.1, 0.15) is 0 Å². The van der Waals surface area contributed by atoms with Crippen LogP contribution in [0.5, 0.6) is 0 Å². The molecule has 0 heterocycles. The molecule has 0 aromatic heterocycles. The zero-order valence-electron chi connectivity index (χ0n) is 9.67. The van der Waals surface area contributed by atoms with Crippen LogP contribution < -0.4 is 9.79 Å². The van der Waals surface area contributed by atoms with Gasteiger partial charge >= 0.3 is 16.5 Å². The van der Waals surface area contributed by atoms with Gasteiger partial charge in [-0.2, -0.15) is 0 Å². The van der Waals surface area contributed by atoms with Crippen molar-refractivity contribution in [2.24, 2.45) is 0 Å². The van der Waals surface area contributed by atoms with Crippen molar-refractivity contribution in [3.8, 4) is 0 Å². The average Bonchev–Trinajstić information content (AvgIpc) is 2.19. The van der Waals surface area contributed by atoms with Crippen molar-refractivity contribution < 1.29 is 35.4 Å². The van der Waals surface area contributed by atoms with Gasteiger partial charge in [-0.1, -0.05) is 27.7 Å². The van der Waals surface area contributed by atoms with Crippen molar-refractivity contribution in [1.82, 2.24) is 0 Å². The molecule has 0 aromatic rings. The summed E-state index contributed by atoms with van der Waals surface area (Å²) in [7, 11) is -5.81. The summed E-state index contributed by atoms with van der Waals surface area (Å²) in [5.74, 6) is 0. The van der Waals surface area contributed by atoms with Crippen molar-refractivity contribution in [1.29, 1.82) is 0 Å². The SMILES string of the molecule is CCP(=O)([O-])CC.CCP(=O)([O-])CC.[Ni+2]. The van der Waals surface area contributed by atoms with E-state index < -0.39 is 14.7 Å². The number of rotatable bonds is 4. The maximum atomic E-state index is 10.4. The average molecular weight is 301 g/mol. The molecule has 0 unspecified atom stereocenters. The Hall–Kier alpha value is 0.874. The summed E-state index contributed by atoms with van der Waals surface area (Å²) in [6, 6.07) is 0. The first-order chi connectivity index (χ1) is 6.24. The molecule has 96 valence electrons. The molecule has 7 heteroatoms. The zero-order valence-corrected chi connectivity index (χ0v) is 12.4. The molecule has 4 nitrogen and oxygen atoms in total. The van der Waals surface area contributed by atoms with Gasteiger partial charge in [0.05, 0.1) is 0 Å². The fraction of sp³-hybridized carbons (Fsp3) is 1.00. The summed E-state index contributed by atoms with van der Waals surface area (Å²) < 4.78 is 20.8. The fourth-order valence-corrected chi connectivity index (χ4v) is 1.34. The molecule has 0 N–H and O–H groups in total. The molecule has 0 rings (SSSR count). The van der Waals surface area contributed by atoms with E-state index in [2.05, 4.69) is 0 Å². The molecule has 0 aromatic carbocycles. The smallest absolute Gasteiger partial charge is 0.799 e. The standard InChI is InChI=1S/2C4H11O2P.Ni/c2*1-3-7(5,6)4-2;/h2*3-4H2,1-2H3,(H,5,6);/q;;+2/p-2. The molecule has 0 amide bonds. The van der Waals surface area contributed by atoms with E-state index >= 15 is 0 Å². The first-order valence-electron chi connectivity index (χ1n) is 4.82. The van der Waals surface area contributed by atoms with Crippen molar-refractivity contribution in [3.63, 3.8) is 0 Å². The number of hydrogen-bond donors (Lipinski definition) is 0. The van der Waals surface area contributed by atoms with Crippen LogP contribution in [-0.4, -0.2) is 24.6 Å². The fourth-order valence-electron chi connectivity index (χ4n) is 0.447. The molecule has 0 aliphatic carbocycles. The van der Waals surface area contributed by atoms with Gasteiger partial charge in [0, 0.05) is 14.7 Å². The van der Waals surface area contributed by atoms with Crippen LogP contribution >= 0.6 is 14.7 Å². The van der Waals surface area contributed by atoms with Crippen molar-refractivity contribution in [2.75, 3.05) is 24.6 Å². The minimum absolute atomic E-state index is 0. The van der Waals surface area contributed by atoms with Crippen LogP contribution in [0.3, 0.4) is 0 Å². The Labute approximate surface area is 103 Å². The Kier molecular flexibility index (Phi) is 14.2. The van der Waals surface area contributed by atoms with Crippen LogP contribution in [-0.2, 0) is 25.6 Å². The van der Waals surface area contributed by atoms with Gasteiger partial charge in [-0.25, -0.2) is 0 Å². The van der Waals surface area contributed by atoms with Crippen molar-refractivity contribution in [2.45, 2.75) is 27.7 Å². The Morgan fingerprint density at radius 3 is 0.867 bits per heavy atom. The van der Waals surface area contributed by atoms with Crippen LogP contribution in [0.1, 0.15) is 27.7 Å². The molecule has 0 saturated heterocycles. The topological polar surface area (TPSA) is 80.3 Å². The molecule has 15 heavy (non-hydrogen) atoms. The van der Waals surface area contributed by atoms with Gasteiger partial charge in [-0.05, 0) is 24.6 Å². The predicted octanol–water partition coefficient (Wildman–Crippen LogP) is 1.33. The van der Waals surface area contributed by atoms with Crippen LogP contribution in [0.2, 0.25) is 0 Å². The van der Waals surface area contributed by atoms with E-state index in [1.165, 1.54) is 0 Å². The van der Waals surface area contributed by atoms with Gasteiger partial charge in [0.25, 0.3) is 0 Å². The Bertz CT molecular complexity index is 193. The third kappa shape index (κ3) is 14.9. The van der Waals surface area contributed by atoms with Gasteiger partial charge in [0.15, 0.2) is 0 Å². The third-order valence-corrected chi connectivity index (χ3v) is 5.78. The quantitative estimate of drug-likeness (QED) is 0.579. The molecule has 0 aliphatic heterocycles. The second-order valence-electron chi connectivity index (χ2n) is 2.89. The summed E-state index contributed by atoms with van der Waals surface area (Å²) in [5, 5.41) is 0. The first-order valence-corrected chi connectivity index (χ1v) is 8.81. The molecule has 0 atom stereocenters. The third-order valence-electron chi connectivity index (χ3n) is 1.93. The van der Waals surface area contributed by atoms with Crippen LogP contribution in [0, 0.1) is 0 Å². The summed E-state index contributed by atoms with van der Waals surface area (Å²) in [4.78, 5) is 20.8. The Morgan fingerprint density at radius 1 is 0.733 bits per heavy atom. The zero-order chi connectivity index (χ0) is 11.8. The van der Waals surface area contributed by atoms with Crippen molar-refractivity contribution >= 4 is 14.7 Å². The molecular formula is C8H20NiO4P2. The van der Waals surface area contributed by atoms with E-state index in [1.807, 2.05) is 0 Å². The minimum atomic E-state index is -2.90. The van der Waals surface area contributed by atoms with Gasteiger partial charge < -0.3 is 18.9 Å². The minimum Gasteiger partial charge on any atom is -0.799 e. The Morgan fingerprint density at radius 2 is 0.867 bits per heavy atom. The normalized spacial score (nSPS) is 11.1. The molecule has 0 spiro atoms. The monoisotopic (exact) mass is 300 g/mol. The molecule has 0 bridgehead atoms. The maximum Gasteiger partial charge on any atom is 2.00 e. The largest absolute Gasteiger partial charge is 2.00 e. The second-order valence-corrected chi connectivity index (χ2v) is 8.68. The van der Waals surface area contributed by atoms with Crippen molar-refractivity contribution in [3.05, 3.63) is 0 Å². The van der Waals surface area contributed by atoms with Gasteiger partial charge in [-0.15, -0.1) is 0 Å². The van der Waals surface area contributed by atoms with Gasteiger partial charge in [0.2, 0.25) is 0 Å². The van der Waals surface area contributed by atoms with Gasteiger partial charge in [-0.3, -0.25) is 0 Å². The van der Waals surface area contributed by atoms with E-state index in [-0.39, 0.29) is 16.5 Å². The molecule has 0 saturated carbocycles. The molecule has 0 radical (unpaired) electrons.